The van der Waals surface area contributed by atoms with E-state index in [4.69, 9.17) is 4.74 Å². The lowest BCUT2D eigenvalue weighted by Gasteiger charge is -2.37. The number of carbonyl (C=O) groups is 1. The number of halogens is 3. The van der Waals surface area contributed by atoms with Gasteiger partial charge >= 0.3 is 6.18 Å². The van der Waals surface area contributed by atoms with Gasteiger partial charge in [-0.15, -0.1) is 0 Å². The number of nitrogens with zero attached hydrogens (tertiary/aromatic N) is 1. The van der Waals surface area contributed by atoms with Gasteiger partial charge in [0.2, 0.25) is 5.91 Å². The summed E-state index contributed by atoms with van der Waals surface area (Å²) in [7, 11) is 0. The van der Waals surface area contributed by atoms with Crippen LogP contribution in [-0.4, -0.2) is 67.6 Å². The van der Waals surface area contributed by atoms with E-state index < -0.39 is 23.6 Å². The van der Waals surface area contributed by atoms with E-state index in [2.05, 4.69) is 5.32 Å². The average Bonchev–Trinajstić information content (AvgIpc) is 2.53. The van der Waals surface area contributed by atoms with Gasteiger partial charge in [-0.25, -0.2) is 0 Å². The molecule has 1 heterocycles. The van der Waals surface area contributed by atoms with Gasteiger partial charge in [0.15, 0.2) is 0 Å². The number of hydrogen-bond donors (Lipinski definition) is 2. The third-order valence-electron chi connectivity index (χ3n) is 4.76. The molecule has 0 spiro atoms. The second-order valence-electron chi connectivity index (χ2n) is 6.42. The van der Waals surface area contributed by atoms with Gasteiger partial charge in [0, 0.05) is 26.2 Å². The smallest absolute Gasteiger partial charge is 0.390 e. The van der Waals surface area contributed by atoms with Crippen LogP contribution in [0.1, 0.15) is 32.1 Å². The average molecular weight is 338 g/mol. The van der Waals surface area contributed by atoms with Crippen LogP contribution in [0.15, 0.2) is 0 Å². The van der Waals surface area contributed by atoms with Crippen LogP contribution in [0.3, 0.4) is 0 Å². The summed E-state index contributed by atoms with van der Waals surface area (Å²) < 4.78 is 45.4. The molecule has 1 atom stereocenters. The zero-order valence-electron chi connectivity index (χ0n) is 13.2. The normalized spacial score (nSPS) is 24.2. The van der Waals surface area contributed by atoms with Crippen LogP contribution >= 0.6 is 0 Å². The van der Waals surface area contributed by atoms with Gasteiger partial charge in [-0.2, -0.15) is 13.2 Å². The van der Waals surface area contributed by atoms with Gasteiger partial charge < -0.3 is 15.2 Å². The van der Waals surface area contributed by atoms with E-state index in [1.165, 1.54) is 0 Å². The lowest BCUT2D eigenvalue weighted by molar-refractivity contribution is -0.230. The molecule has 1 aliphatic heterocycles. The van der Waals surface area contributed by atoms with Crippen molar-refractivity contribution in [2.75, 3.05) is 39.4 Å². The highest BCUT2D eigenvalue weighted by Gasteiger charge is 2.59. The minimum atomic E-state index is -4.55. The van der Waals surface area contributed by atoms with Crippen LogP contribution in [0.2, 0.25) is 0 Å². The number of alkyl halides is 3. The van der Waals surface area contributed by atoms with Crippen molar-refractivity contribution in [3.05, 3.63) is 0 Å². The first kappa shape index (κ1) is 18.5. The van der Waals surface area contributed by atoms with Gasteiger partial charge in [0.25, 0.3) is 0 Å². The van der Waals surface area contributed by atoms with Crippen LogP contribution in [0.25, 0.3) is 0 Å². The first-order valence-electron chi connectivity index (χ1n) is 8.18. The molecule has 0 aromatic heterocycles. The monoisotopic (exact) mass is 338 g/mol. The van der Waals surface area contributed by atoms with E-state index in [1.807, 2.05) is 4.90 Å². The summed E-state index contributed by atoms with van der Waals surface area (Å²) in [5.41, 5.74) is -2.29. The van der Waals surface area contributed by atoms with Gasteiger partial charge in [-0.1, -0.05) is 19.3 Å². The Morgan fingerprint density at radius 1 is 1.22 bits per heavy atom. The Labute approximate surface area is 134 Å². The molecule has 0 bridgehead atoms. The molecule has 1 unspecified atom stereocenters. The van der Waals surface area contributed by atoms with Crippen molar-refractivity contribution in [2.24, 2.45) is 5.41 Å². The first-order valence-corrected chi connectivity index (χ1v) is 8.18. The van der Waals surface area contributed by atoms with Crippen molar-refractivity contribution < 1.29 is 27.8 Å². The lowest BCUT2D eigenvalue weighted by Crippen LogP contribution is -2.53. The number of β-amino-alcohol motifs (C(OH)–C–C–N with tert-alkyl or cyclic N) is 1. The van der Waals surface area contributed by atoms with Gasteiger partial charge in [0.1, 0.15) is 5.41 Å². The highest BCUT2D eigenvalue weighted by atomic mass is 19.4. The minimum absolute atomic E-state index is 0.159. The Morgan fingerprint density at radius 2 is 1.83 bits per heavy atom. The second kappa shape index (κ2) is 7.81. The first-order chi connectivity index (χ1) is 10.8. The summed E-state index contributed by atoms with van der Waals surface area (Å²) in [6, 6.07) is 0. The molecule has 0 aromatic carbocycles. The molecule has 1 saturated carbocycles. The van der Waals surface area contributed by atoms with E-state index in [-0.39, 0.29) is 19.4 Å². The Hall–Kier alpha value is -0.860. The minimum Gasteiger partial charge on any atom is -0.390 e. The van der Waals surface area contributed by atoms with Crippen LogP contribution in [0.4, 0.5) is 13.2 Å². The van der Waals surface area contributed by atoms with E-state index >= 15 is 0 Å². The SMILES string of the molecule is O=C(NCC(O)CN1CCOCC1)C1(C(F)(F)F)CCCCC1. The topological polar surface area (TPSA) is 61.8 Å². The van der Waals surface area contributed by atoms with Gasteiger partial charge in [-0.05, 0) is 12.8 Å². The van der Waals surface area contributed by atoms with Crippen molar-refractivity contribution in [3.63, 3.8) is 0 Å². The maximum Gasteiger partial charge on any atom is 0.403 e. The molecule has 1 amide bonds. The van der Waals surface area contributed by atoms with Crippen molar-refractivity contribution >= 4 is 5.91 Å². The van der Waals surface area contributed by atoms with Crippen LogP contribution < -0.4 is 5.32 Å². The predicted octanol–water partition coefficient (Wildman–Crippen LogP) is 1.31. The summed E-state index contributed by atoms with van der Waals surface area (Å²) in [6.07, 6.45) is -4.22. The van der Waals surface area contributed by atoms with E-state index in [9.17, 15) is 23.1 Å². The maximum absolute atomic E-state index is 13.4. The molecule has 2 N–H and O–H groups in total. The Balaban J connectivity index is 1.86. The fraction of sp³-hybridized carbons (Fsp3) is 0.933. The van der Waals surface area contributed by atoms with Crippen molar-refractivity contribution in [1.82, 2.24) is 10.2 Å². The predicted molar refractivity (Wildman–Crippen MR) is 77.8 cm³/mol. The zero-order valence-corrected chi connectivity index (χ0v) is 13.2. The highest BCUT2D eigenvalue weighted by Crippen LogP contribution is 2.49. The molecule has 134 valence electrons. The lowest BCUT2D eigenvalue weighted by atomic mass is 9.72. The molecular formula is C15H25F3N2O3. The third-order valence-corrected chi connectivity index (χ3v) is 4.76. The summed E-state index contributed by atoms with van der Waals surface area (Å²) >= 11 is 0. The number of aliphatic hydroxyl groups excluding tert-OH is 1. The van der Waals surface area contributed by atoms with Crippen LogP contribution in [0, 0.1) is 5.41 Å². The standard InChI is InChI=1S/C15H25F3N2O3/c16-15(17,18)14(4-2-1-3-5-14)13(22)19-10-12(21)11-20-6-8-23-9-7-20/h12,21H,1-11H2,(H,19,22). The number of carbonyl (C=O) groups excluding carboxylic acids is 1. The van der Waals surface area contributed by atoms with E-state index in [1.54, 1.807) is 0 Å². The van der Waals surface area contributed by atoms with Crippen LogP contribution in [-0.2, 0) is 9.53 Å². The quantitative estimate of drug-likeness (QED) is 0.793. The molecule has 1 saturated heterocycles. The van der Waals surface area contributed by atoms with Crippen LogP contribution in [0.5, 0.6) is 0 Å². The molecule has 2 rings (SSSR count). The fourth-order valence-electron chi connectivity index (χ4n) is 3.32. The molecule has 0 aromatic rings. The van der Waals surface area contributed by atoms with E-state index in [0.29, 0.717) is 45.7 Å². The number of nitrogens with one attached hydrogen (secondary N) is 1. The van der Waals surface area contributed by atoms with E-state index in [0.717, 1.165) is 6.42 Å². The Morgan fingerprint density at radius 3 is 2.39 bits per heavy atom. The van der Waals surface area contributed by atoms with Gasteiger partial charge in [-0.3, -0.25) is 9.69 Å². The second-order valence-corrected chi connectivity index (χ2v) is 6.42. The molecule has 2 fully saturated rings. The van der Waals surface area contributed by atoms with Crippen molar-refractivity contribution in [2.45, 2.75) is 44.4 Å². The molecule has 2 aliphatic rings. The molecule has 0 radical (unpaired) electrons. The number of ether oxygens (including phenoxy) is 1. The summed E-state index contributed by atoms with van der Waals surface area (Å²) in [4.78, 5) is 14.2. The zero-order chi connectivity index (χ0) is 16.9. The Bertz CT molecular complexity index is 392. The number of morpholine rings is 1. The highest BCUT2D eigenvalue weighted by molar-refractivity contribution is 5.83. The van der Waals surface area contributed by atoms with Gasteiger partial charge in [0.05, 0.1) is 19.3 Å². The summed E-state index contributed by atoms with van der Waals surface area (Å²) in [6.45, 7) is 2.68. The number of hydrogen-bond acceptors (Lipinski definition) is 4. The number of rotatable bonds is 5. The summed E-state index contributed by atoms with van der Waals surface area (Å²) in [5.74, 6) is -0.995. The molecule has 5 nitrogen and oxygen atoms in total. The van der Waals surface area contributed by atoms with Crippen molar-refractivity contribution in [3.8, 4) is 0 Å². The fourth-order valence-corrected chi connectivity index (χ4v) is 3.32. The molecule has 1 aliphatic carbocycles. The Kier molecular flexibility index (Phi) is 6.27. The largest absolute Gasteiger partial charge is 0.403 e. The maximum atomic E-state index is 13.4. The number of aliphatic hydroxyl groups is 1. The van der Waals surface area contributed by atoms with Crippen molar-refractivity contribution in [1.29, 1.82) is 0 Å². The summed E-state index contributed by atoms with van der Waals surface area (Å²) in [5, 5.41) is 12.3. The third kappa shape index (κ3) is 4.58. The molecule has 8 heteroatoms. The molecule has 23 heavy (non-hydrogen) atoms. The molecular weight excluding hydrogens is 313 g/mol. The number of amides is 1.